The molecular formula is C20H26N2O. The van der Waals surface area contributed by atoms with E-state index in [4.69, 9.17) is 0 Å². The van der Waals surface area contributed by atoms with Crippen LogP contribution < -0.4 is 10.2 Å². The molecular weight excluding hydrogens is 284 g/mol. The maximum atomic E-state index is 9.28. The summed E-state index contributed by atoms with van der Waals surface area (Å²) in [7, 11) is 0. The van der Waals surface area contributed by atoms with E-state index in [1.807, 2.05) is 12.1 Å². The summed E-state index contributed by atoms with van der Waals surface area (Å²) in [5.74, 6) is 0. The molecule has 1 aliphatic rings. The third-order valence-electron chi connectivity index (χ3n) is 4.74. The van der Waals surface area contributed by atoms with Crippen molar-refractivity contribution >= 4 is 5.69 Å². The van der Waals surface area contributed by atoms with Crippen LogP contribution >= 0.6 is 0 Å². The Kier molecular flexibility index (Phi) is 5.31. The maximum absolute atomic E-state index is 9.28. The fraction of sp³-hybridized carbons (Fsp3) is 0.400. The number of nitrogens with one attached hydrogen (secondary N) is 1. The minimum atomic E-state index is 0.107. The molecule has 0 spiro atoms. The summed E-state index contributed by atoms with van der Waals surface area (Å²) in [5, 5.41) is 13.0. The second-order valence-corrected chi connectivity index (χ2v) is 6.39. The zero-order chi connectivity index (χ0) is 16.1. The van der Waals surface area contributed by atoms with E-state index in [1.54, 1.807) is 0 Å². The minimum absolute atomic E-state index is 0.107. The Morgan fingerprint density at radius 2 is 1.83 bits per heavy atom. The second-order valence-electron chi connectivity index (χ2n) is 6.39. The van der Waals surface area contributed by atoms with Crippen molar-refractivity contribution in [1.29, 1.82) is 0 Å². The van der Waals surface area contributed by atoms with E-state index in [0.29, 0.717) is 12.1 Å². The van der Waals surface area contributed by atoms with Gasteiger partial charge >= 0.3 is 0 Å². The number of piperidine rings is 1. The summed E-state index contributed by atoms with van der Waals surface area (Å²) < 4.78 is 0. The van der Waals surface area contributed by atoms with E-state index in [-0.39, 0.29) is 6.61 Å². The SMILES string of the molecule is CC(NC1CCN(c2ccccc2)CC1)c1cccc(CO)c1. The quantitative estimate of drug-likeness (QED) is 0.887. The van der Waals surface area contributed by atoms with E-state index in [2.05, 4.69) is 59.6 Å². The number of benzene rings is 2. The van der Waals surface area contributed by atoms with Crippen LogP contribution in [0, 0.1) is 0 Å². The molecule has 2 aromatic rings. The summed E-state index contributed by atoms with van der Waals surface area (Å²) in [6.07, 6.45) is 2.33. The molecule has 0 aromatic heterocycles. The maximum Gasteiger partial charge on any atom is 0.0681 e. The third-order valence-corrected chi connectivity index (χ3v) is 4.74. The Labute approximate surface area is 139 Å². The number of rotatable bonds is 5. The smallest absolute Gasteiger partial charge is 0.0681 e. The first-order chi connectivity index (χ1) is 11.3. The van der Waals surface area contributed by atoms with Crippen LogP contribution in [0.3, 0.4) is 0 Å². The Balaban J connectivity index is 1.54. The summed E-state index contributed by atoms with van der Waals surface area (Å²) in [5.41, 5.74) is 3.56. The molecule has 1 atom stereocenters. The Morgan fingerprint density at radius 1 is 1.09 bits per heavy atom. The van der Waals surface area contributed by atoms with Crippen molar-refractivity contribution in [2.75, 3.05) is 18.0 Å². The van der Waals surface area contributed by atoms with Gasteiger partial charge in [0.2, 0.25) is 0 Å². The number of anilines is 1. The fourth-order valence-corrected chi connectivity index (χ4v) is 3.35. The van der Waals surface area contributed by atoms with E-state index < -0.39 is 0 Å². The summed E-state index contributed by atoms with van der Waals surface area (Å²) in [6, 6.07) is 19.8. The lowest BCUT2D eigenvalue weighted by atomic mass is 10.00. The highest BCUT2D eigenvalue weighted by Gasteiger charge is 2.21. The van der Waals surface area contributed by atoms with Gasteiger partial charge in [0.05, 0.1) is 6.61 Å². The van der Waals surface area contributed by atoms with Gasteiger partial charge in [0.1, 0.15) is 0 Å². The van der Waals surface area contributed by atoms with Crippen molar-refractivity contribution in [2.24, 2.45) is 0 Å². The van der Waals surface area contributed by atoms with Crippen molar-refractivity contribution in [1.82, 2.24) is 5.32 Å². The topological polar surface area (TPSA) is 35.5 Å². The van der Waals surface area contributed by atoms with Gasteiger partial charge in [-0.3, -0.25) is 0 Å². The molecule has 1 heterocycles. The van der Waals surface area contributed by atoms with Crippen molar-refractivity contribution < 1.29 is 5.11 Å². The number of nitrogens with zero attached hydrogens (tertiary/aromatic N) is 1. The molecule has 0 radical (unpaired) electrons. The molecule has 23 heavy (non-hydrogen) atoms. The van der Waals surface area contributed by atoms with Crippen LogP contribution in [-0.4, -0.2) is 24.2 Å². The average molecular weight is 310 g/mol. The number of aliphatic hydroxyl groups excluding tert-OH is 1. The number of aliphatic hydroxyl groups is 1. The first-order valence-corrected chi connectivity index (χ1v) is 8.52. The van der Waals surface area contributed by atoms with Crippen LogP contribution in [0.25, 0.3) is 0 Å². The molecule has 1 unspecified atom stereocenters. The van der Waals surface area contributed by atoms with Gasteiger partial charge in [-0.2, -0.15) is 0 Å². The lowest BCUT2D eigenvalue weighted by Gasteiger charge is -2.35. The van der Waals surface area contributed by atoms with Crippen LogP contribution in [0.2, 0.25) is 0 Å². The lowest BCUT2D eigenvalue weighted by Crippen LogP contribution is -2.43. The van der Waals surface area contributed by atoms with Crippen LogP contribution in [-0.2, 0) is 6.61 Å². The largest absolute Gasteiger partial charge is 0.392 e. The lowest BCUT2D eigenvalue weighted by molar-refractivity contribution is 0.281. The van der Waals surface area contributed by atoms with Crippen molar-refractivity contribution in [3.8, 4) is 0 Å². The van der Waals surface area contributed by atoms with Crippen molar-refractivity contribution in [3.05, 3.63) is 65.7 Å². The zero-order valence-electron chi connectivity index (χ0n) is 13.8. The minimum Gasteiger partial charge on any atom is -0.392 e. The molecule has 3 heteroatoms. The van der Waals surface area contributed by atoms with Gasteiger partial charge in [-0.05, 0) is 43.0 Å². The molecule has 0 aliphatic carbocycles. The molecule has 1 saturated heterocycles. The highest BCUT2D eigenvalue weighted by molar-refractivity contribution is 5.46. The third kappa shape index (κ3) is 4.12. The van der Waals surface area contributed by atoms with Gasteiger partial charge in [0.25, 0.3) is 0 Å². The first-order valence-electron chi connectivity index (χ1n) is 8.52. The van der Waals surface area contributed by atoms with E-state index in [9.17, 15) is 5.11 Å². The van der Waals surface area contributed by atoms with Crippen LogP contribution in [0.1, 0.15) is 36.9 Å². The number of para-hydroxylation sites is 1. The van der Waals surface area contributed by atoms with Gasteiger partial charge in [-0.15, -0.1) is 0 Å². The highest BCUT2D eigenvalue weighted by atomic mass is 16.3. The van der Waals surface area contributed by atoms with Gasteiger partial charge < -0.3 is 15.3 Å². The highest BCUT2D eigenvalue weighted by Crippen LogP contribution is 2.22. The van der Waals surface area contributed by atoms with E-state index in [0.717, 1.165) is 18.7 Å². The normalized spacial score (nSPS) is 17.2. The second kappa shape index (κ2) is 7.62. The predicted octanol–water partition coefficient (Wildman–Crippen LogP) is 3.50. The Hall–Kier alpha value is -1.84. The molecule has 3 rings (SSSR count). The molecule has 0 saturated carbocycles. The molecule has 0 bridgehead atoms. The molecule has 2 aromatic carbocycles. The standard InChI is InChI=1S/C20H26N2O/c1-16(18-7-5-6-17(14-18)15-23)21-19-10-12-22(13-11-19)20-8-3-2-4-9-20/h2-9,14,16,19,21,23H,10-13,15H2,1H3. The molecule has 3 nitrogen and oxygen atoms in total. The zero-order valence-corrected chi connectivity index (χ0v) is 13.8. The van der Waals surface area contributed by atoms with Crippen LogP contribution in [0.15, 0.2) is 54.6 Å². The summed E-state index contributed by atoms with van der Waals surface area (Å²) in [6.45, 7) is 4.52. The first kappa shape index (κ1) is 16.0. The Morgan fingerprint density at radius 3 is 2.52 bits per heavy atom. The van der Waals surface area contributed by atoms with Gasteiger partial charge in [0, 0.05) is 30.9 Å². The van der Waals surface area contributed by atoms with E-state index >= 15 is 0 Å². The predicted molar refractivity (Wildman–Crippen MR) is 95.6 cm³/mol. The molecule has 2 N–H and O–H groups in total. The van der Waals surface area contributed by atoms with Crippen molar-refractivity contribution in [2.45, 2.75) is 38.5 Å². The summed E-state index contributed by atoms with van der Waals surface area (Å²) >= 11 is 0. The van der Waals surface area contributed by atoms with Crippen molar-refractivity contribution in [3.63, 3.8) is 0 Å². The molecule has 1 fully saturated rings. The fourth-order valence-electron chi connectivity index (χ4n) is 3.35. The van der Waals surface area contributed by atoms with Gasteiger partial charge in [-0.1, -0.05) is 42.5 Å². The Bertz CT molecular complexity index is 606. The molecule has 122 valence electrons. The molecule has 0 amide bonds. The van der Waals surface area contributed by atoms with E-state index in [1.165, 1.54) is 24.1 Å². The monoisotopic (exact) mass is 310 g/mol. The van der Waals surface area contributed by atoms with Crippen LogP contribution in [0.4, 0.5) is 5.69 Å². The number of hydrogen-bond donors (Lipinski definition) is 2. The average Bonchev–Trinajstić information content (AvgIpc) is 2.63. The molecule has 1 aliphatic heterocycles. The number of hydrogen-bond acceptors (Lipinski definition) is 3. The van der Waals surface area contributed by atoms with Gasteiger partial charge in [0.15, 0.2) is 0 Å². The van der Waals surface area contributed by atoms with Gasteiger partial charge in [-0.25, -0.2) is 0 Å². The van der Waals surface area contributed by atoms with Crippen LogP contribution in [0.5, 0.6) is 0 Å². The summed E-state index contributed by atoms with van der Waals surface area (Å²) in [4.78, 5) is 2.47.